The zero-order valence-corrected chi connectivity index (χ0v) is 20.2. The molecule has 0 aliphatic rings. The fourth-order valence-electron chi connectivity index (χ4n) is 2.49. The highest BCUT2D eigenvalue weighted by Crippen LogP contribution is 2.37. The normalized spacial score (nSPS) is 10.4. The van der Waals surface area contributed by atoms with Gasteiger partial charge in [0, 0.05) is 34.3 Å². The van der Waals surface area contributed by atoms with E-state index in [0.717, 1.165) is 52.5 Å². The van der Waals surface area contributed by atoms with Crippen molar-refractivity contribution in [1.82, 2.24) is 10.6 Å². The Morgan fingerprint density at radius 3 is 1.61 bits per heavy atom. The van der Waals surface area contributed by atoms with E-state index in [1.807, 2.05) is 48.5 Å². The minimum Gasteiger partial charge on any atom is -0.338 e. The van der Waals surface area contributed by atoms with Crippen LogP contribution < -0.4 is 21.3 Å². The molecule has 0 saturated heterocycles. The van der Waals surface area contributed by atoms with E-state index in [1.54, 1.807) is 21.6 Å². The number of thiol groups is 1. The third kappa shape index (κ3) is 10.8. The maximum atomic E-state index is 11.9. The van der Waals surface area contributed by atoms with Gasteiger partial charge in [-0.2, -0.15) is 12.6 Å². The fourth-order valence-corrected chi connectivity index (χ4v) is 4.58. The van der Waals surface area contributed by atoms with E-state index < -0.39 is 0 Å². The van der Waals surface area contributed by atoms with Crippen molar-refractivity contribution in [3.8, 4) is 0 Å². The van der Waals surface area contributed by atoms with Gasteiger partial charge >= 0.3 is 12.1 Å². The summed E-state index contributed by atoms with van der Waals surface area (Å²) in [5.74, 6) is 0.748. The molecule has 10 heteroatoms. The summed E-state index contributed by atoms with van der Waals surface area (Å²) >= 11 is 4.12. The van der Waals surface area contributed by atoms with E-state index in [9.17, 15) is 9.59 Å². The molecule has 0 aliphatic heterocycles. The van der Waals surface area contributed by atoms with E-state index in [-0.39, 0.29) is 12.1 Å². The van der Waals surface area contributed by atoms with Gasteiger partial charge in [0.25, 0.3) is 0 Å². The van der Waals surface area contributed by atoms with Gasteiger partial charge in [-0.25, -0.2) is 9.59 Å². The summed E-state index contributed by atoms with van der Waals surface area (Å²) in [5, 5.41) is 11.3. The Morgan fingerprint density at radius 2 is 1.19 bits per heavy atom. The minimum absolute atomic E-state index is 0.171. The molecule has 0 bridgehead atoms. The van der Waals surface area contributed by atoms with Gasteiger partial charge in [-0.3, -0.25) is 0 Å². The molecule has 4 amide bonds. The number of rotatable bonds is 12. The second kappa shape index (κ2) is 15.0. The third-order valence-electron chi connectivity index (χ3n) is 4.14. The smallest absolute Gasteiger partial charge is 0.319 e. The Labute approximate surface area is 198 Å². The average Bonchev–Trinajstić information content (AvgIpc) is 2.77. The first kappa shape index (κ1) is 25.4. The Bertz CT molecular complexity index is 807. The van der Waals surface area contributed by atoms with Crippen LogP contribution in [0.1, 0.15) is 19.3 Å². The van der Waals surface area contributed by atoms with Crippen molar-refractivity contribution >= 4 is 65.5 Å². The summed E-state index contributed by atoms with van der Waals surface area (Å²) in [6, 6.07) is 15.1. The Kier molecular flexibility index (Phi) is 12.3. The largest absolute Gasteiger partial charge is 0.338 e. The number of nitrogens with one attached hydrogen (secondary N) is 4. The van der Waals surface area contributed by atoms with E-state index in [2.05, 4.69) is 41.7 Å². The molecular weight excluding hydrogens is 447 g/mol. The molecule has 0 heterocycles. The summed E-state index contributed by atoms with van der Waals surface area (Å²) in [5.41, 5.74) is 1.52. The quantitative estimate of drug-likeness (QED) is 0.131. The van der Waals surface area contributed by atoms with E-state index in [4.69, 9.17) is 0 Å². The molecule has 0 radical (unpaired) electrons. The van der Waals surface area contributed by atoms with Gasteiger partial charge < -0.3 is 21.3 Å². The van der Waals surface area contributed by atoms with Crippen LogP contribution in [0.15, 0.2) is 58.3 Å². The van der Waals surface area contributed by atoms with Crippen LogP contribution >= 0.6 is 34.2 Å². The van der Waals surface area contributed by atoms with Crippen molar-refractivity contribution in [2.24, 2.45) is 0 Å². The Hall–Kier alpha value is -1.91. The van der Waals surface area contributed by atoms with E-state index >= 15 is 0 Å². The van der Waals surface area contributed by atoms with Crippen molar-refractivity contribution in [3.05, 3.63) is 48.5 Å². The number of urea groups is 2. The Morgan fingerprint density at radius 1 is 0.742 bits per heavy atom. The van der Waals surface area contributed by atoms with Crippen molar-refractivity contribution in [1.29, 1.82) is 0 Å². The van der Waals surface area contributed by atoms with Crippen molar-refractivity contribution in [2.75, 3.05) is 29.5 Å². The molecule has 0 spiro atoms. The zero-order chi connectivity index (χ0) is 22.3. The maximum Gasteiger partial charge on any atom is 0.319 e. The van der Waals surface area contributed by atoms with Gasteiger partial charge in [-0.1, -0.05) is 34.3 Å². The second-order valence-corrected chi connectivity index (χ2v) is 9.48. The summed E-state index contributed by atoms with van der Waals surface area (Å²) in [6.07, 6.45) is 4.09. The van der Waals surface area contributed by atoms with Crippen molar-refractivity contribution in [2.45, 2.75) is 35.4 Å². The number of amides is 4. The molecule has 0 saturated carbocycles. The predicted molar refractivity (Wildman–Crippen MR) is 140 cm³/mol. The first-order valence-electron chi connectivity index (χ1n) is 10.4. The van der Waals surface area contributed by atoms with Gasteiger partial charge in [0.2, 0.25) is 0 Å². The first-order valence-corrected chi connectivity index (χ1v) is 13.1. The average molecular weight is 477 g/mol. The number of carbonyl (C=O) groups is 2. The number of unbranched alkanes of at least 4 members (excludes halogenated alkanes) is 1. The number of hydrogen-bond donors (Lipinski definition) is 5. The third-order valence-corrected chi connectivity index (χ3v) is 6.88. The van der Waals surface area contributed by atoms with Crippen LogP contribution in [0.25, 0.3) is 0 Å². The van der Waals surface area contributed by atoms with Crippen molar-refractivity contribution < 1.29 is 9.59 Å². The molecule has 4 N–H and O–H groups in total. The minimum atomic E-state index is -0.208. The van der Waals surface area contributed by atoms with Gasteiger partial charge in [0.05, 0.1) is 0 Å². The van der Waals surface area contributed by atoms with Crippen LogP contribution in [-0.2, 0) is 0 Å². The lowest BCUT2D eigenvalue weighted by Crippen LogP contribution is -2.29. The van der Waals surface area contributed by atoms with E-state index in [0.29, 0.717) is 13.1 Å². The second-order valence-electron chi connectivity index (χ2n) is 6.76. The molecule has 0 aliphatic carbocycles. The molecule has 0 fully saturated rings. The number of carbonyl (C=O) groups excluding carboxylic acids is 2. The fraction of sp³-hybridized carbons (Fsp3) is 0.333. The van der Waals surface area contributed by atoms with Crippen LogP contribution in [0.3, 0.4) is 0 Å². The molecule has 2 aromatic rings. The SMILES string of the molecule is BCCCCNC(=O)Nc1ccc(SSc2ccc(NC(=O)NCCCS)cc2)cc1. The molecular formula is C21H29BN4O2S3. The van der Waals surface area contributed by atoms with Crippen LogP contribution in [0, 0.1) is 0 Å². The Balaban J connectivity index is 1.72. The summed E-state index contributed by atoms with van der Waals surface area (Å²) in [4.78, 5) is 25.8. The maximum absolute atomic E-state index is 11.9. The number of hydrogen-bond acceptors (Lipinski definition) is 5. The number of benzene rings is 2. The monoisotopic (exact) mass is 476 g/mol. The van der Waals surface area contributed by atoms with Crippen LogP contribution in [0.2, 0.25) is 6.32 Å². The van der Waals surface area contributed by atoms with Gasteiger partial charge in [0.1, 0.15) is 7.85 Å². The highest BCUT2D eigenvalue weighted by Gasteiger charge is 2.04. The lowest BCUT2D eigenvalue weighted by atomic mass is 10.0. The van der Waals surface area contributed by atoms with Gasteiger partial charge in [-0.15, -0.1) is 0 Å². The highest BCUT2D eigenvalue weighted by atomic mass is 33.1. The lowest BCUT2D eigenvalue weighted by Gasteiger charge is -2.09. The van der Waals surface area contributed by atoms with Crippen molar-refractivity contribution in [3.63, 3.8) is 0 Å². The first-order chi connectivity index (χ1) is 15.1. The topological polar surface area (TPSA) is 82.3 Å². The van der Waals surface area contributed by atoms with Crippen LogP contribution in [-0.4, -0.2) is 38.8 Å². The van der Waals surface area contributed by atoms with E-state index in [1.165, 1.54) is 0 Å². The zero-order valence-electron chi connectivity index (χ0n) is 17.6. The molecule has 0 atom stereocenters. The number of anilines is 2. The summed E-state index contributed by atoms with van der Waals surface area (Å²) < 4.78 is 0. The molecule has 2 rings (SSSR count). The molecule has 166 valence electrons. The van der Waals surface area contributed by atoms with Crippen LogP contribution in [0.4, 0.5) is 21.0 Å². The summed E-state index contributed by atoms with van der Waals surface area (Å²) in [7, 11) is 5.41. The summed E-state index contributed by atoms with van der Waals surface area (Å²) in [6.45, 7) is 1.30. The molecule has 31 heavy (non-hydrogen) atoms. The molecule has 6 nitrogen and oxygen atoms in total. The molecule has 0 aromatic heterocycles. The van der Waals surface area contributed by atoms with Gasteiger partial charge in [0.15, 0.2) is 0 Å². The molecule has 0 unspecified atom stereocenters. The van der Waals surface area contributed by atoms with Crippen LogP contribution in [0.5, 0.6) is 0 Å². The van der Waals surface area contributed by atoms with Gasteiger partial charge in [-0.05, 0) is 67.1 Å². The standard InChI is InChI=1S/C21H29BN4O2S3/c22-12-1-2-13-23-20(27)25-16-4-8-18(9-5-16)30-31-19-10-6-17(7-11-19)26-21(28)24-14-3-15-29/h4-11,29H,1-3,12-15,22H2,(H2,23,25,27)(H2,24,26,28). The lowest BCUT2D eigenvalue weighted by molar-refractivity contribution is 0.251. The molecule has 2 aromatic carbocycles. The predicted octanol–water partition coefficient (Wildman–Crippen LogP) is 4.88. The highest BCUT2D eigenvalue weighted by molar-refractivity contribution is 8.76.